The van der Waals surface area contributed by atoms with Crippen molar-refractivity contribution in [1.82, 2.24) is 10.2 Å². The first-order valence-electron chi connectivity index (χ1n) is 8.95. The van der Waals surface area contributed by atoms with Crippen molar-refractivity contribution in [2.45, 2.75) is 25.9 Å². The van der Waals surface area contributed by atoms with E-state index in [1.54, 1.807) is 7.11 Å². The first-order chi connectivity index (χ1) is 13.5. The summed E-state index contributed by atoms with van der Waals surface area (Å²) in [6.07, 6.45) is 0.360. The van der Waals surface area contributed by atoms with Gasteiger partial charge in [-0.25, -0.2) is 0 Å². The molecule has 1 amide bonds. The lowest BCUT2D eigenvalue weighted by Crippen LogP contribution is -2.23. The molecule has 4 rings (SSSR count). The van der Waals surface area contributed by atoms with Gasteiger partial charge in [-0.2, -0.15) is 5.10 Å². The van der Waals surface area contributed by atoms with Gasteiger partial charge in [0.1, 0.15) is 6.61 Å². The molecule has 2 aromatic carbocycles. The molecule has 1 aromatic heterocycles. The molecular weight excluding hydrogens is 378 g/mol. The maximum atomic E-state index is 12.1. The van der Waals surface area contributed by atoms with Gasteiger partial charge in [0.15, 0.2) is 17.3 Å². The molecule has 0 bridgehead atoms. The quantitative estimate of drug-likeness (QED) is 0.667. The number of nitrogens with zero attached hydrogens (tertiary/aromatic N) is 1. The minimum absolute atomic E-state index is 0.0516. The van der Waals surface area contributed by atoms with Crippen LogP contribution in [-0.2, 0) is 11.4 Å². The Kier molecular flexibility index (Phi) is 4.96. The third-order valence-corrected chi connectivity index (χ3v) is 5.10. The molecule has 1 atom stereocenters. The van der Waals surface area contributed by atoms with Gasteiger partial charge in [0.2, 0.25) is 5.91 Å². The number of aryl methyl sites for hydroxylation is 1. The summed E-state index contributed by atoms with van der Waals surface area (Å²) < 4.78 is 11.5. The van der Waals surface area contributed by atoms with Gasteiger partial charge in [0, 0.05) is 28.6 Å². The van der Waals surface area contributed by atoms with E-state index in [-0.39, 0.29) is 11.8 Å². The van der Waals surface area contributed by atoms with E-state index < -0.39 is 0 Å². The number of hydrogen-bond acceptors (Lipinski definition) is 4. The van der Waals surface area contributed by atoms with Crippen LogP contribution in [0.25, 0.3) is 0 Å². The van der Waals surface area contributed by atoms with Crippen LogP contribution in [0.5, 0.6) is 11.5 Å². The smallest absolute Gasteiger partial charge is 0.226 e. The highest BCUT2D eigenvalue weighted by atomic mass is 35.5. The van der Waals surface area contributed by atoms with Gasteiger partial charge in [-0.1, -0.05) is 29.8 Å². The number of fused-ring (bicyclic) bond motifs is 1. The Bertz CT molecular complexity index is 1030. The Morgan fingerprint density at radius 1 is 1.21 bits per heavy atom. The number of aromatic nitrogens is 2. The summed E-state index contributed by atoms with van der Waals surface area (Å²) in [5, 5.41) is 10.6. The van der Waals surface area contributed by atoms with Crippen molar-refractivity contribution in [2.24, 2.45) is 0 Å². The SMILES string of the molecule is COc1cc(C2CC(=O)Nc3n[nH]c(C)c32)ccc1OCc1cccc(Cl)c1. The number of H-pyrrole nitrogens is 1. The molecule has 0 radical (unpaired) electrons. The van der Waals surface area contributed by atoms with Crippen LogP contribution in [0.3, 0.4) is 0 Å². The van der Waals surface area contributed by atoms with Crippen LogP contribution in [0.2, 0.25) is 5.02 Å². The van der Waals surface area contributed by atoms with E-state index in [0.717, 1.165) is 22.4 Å². The zero-order chi connectivity index (χ0) is 19.7. The molecule has 1 unspecified atom stereocenters. The largest absolute Gasteiger partial charge is 0.493 e. The van der Waals surface area contributed by atoms with Crippen LogP contribution in [0, 0.1) is 6.92 Å². The van der Waals surface area contributed by atoms with Crippen molar-refractivity contribution >= 4 is 23.3 Å². The van der Waals surface area contributed by atoms with Crippen molar-refractivity contribution in [2.75, 3.05) is 12.4 Å². The Morgan fingerprint density at radius 2 is 2.07 bits per heavy atom. The van der Waals surface area contributed by atoms with Crippen molar-refractivity contribution in [1.29, 1.82) is 0 Å². The van der Waals surface area contributed by atoms with Crippen LogP contribution in [-0.4, -0.2) is 23.2 Å². The number of ether oxygens (including phenoxy) is 2. The molecule has 0 aliphatic carbocycles. The number of methoxy groups -OCH3 is 1. The van der Waals surface area contributed by atoms with Crippen LogP contribution in [0.4, 0.5) is 5.82 Å². The third kappa shape index (κ3) is 3.55. The lowest BCUT2D eigenvalue weighted by molar-refractivity contribution is -0.116. The van der Waals surface area contributed by atoms with Gasteiger partial charge >= 0.3 is 0 Å². The minimum Gasteiger partial charge on any atom is -0.493 e. The summed E-state index contributed by atoms with van der Waals surface area (Å²) in [4.78, 5) is 12.1. The topological polar surface area (TPSA) is 76.2 Å². The number of hydrogen-bond donors (Lipinski definition) is 2. The van der Waals surface area contributed by atoms with Crippen LogP contribution < -0.4 is 14.8 Å². The predicted octanol–water partition coefficient (Wildman–Crippen LogP) is 4.43. The molecule has 2 heterocycles. The molecule has 7 heteroatoms. The van der Waals surface area contributed by atoms with E-state index in [2.05, 4.69) is 15.5 Å². The number of carbonyl (C=O) groups is 1. The molecule has 2 N–H and O–H groups in total. The predicted molar refractivity (Wildman–Crippen MR) is 107 cm³/mol. The maximum Gasteiger partial charge on any atom is 0.226 e. The Labute approximate surface area is 167 Å². The van der Waals surface area contributed by atoms with Gasteiger partial charge in [-0.3, -0.25) is 9.89 Å². The molecule has 144 valence electrons. The number of halogens is 1. The average molecular weight is 398 g/mol. The molecule has 0 spiro atoms. The fourth-order valence-corrected chi connectivity index (χ4v) is 3.74. The highest BCUT2D eigenvalue weighted by Gasteiger charge is 2.31. The van der Waals surface area contributed by atoms with Crippen LogP contribution >= 0.6 is 11.6 Å². The second kappa shape index (κ2) is 7.56. The standard InChI is InChI=1S/C21H20ClN3O3/c1-12-20-16(10-19(26)23-21(20)25-24-12)14-6-7-17(18(9-14)27-2)28-11-13-4-3-5-15(22)8-13/h3-9,16H,10-11H2,1-2H3,(H2,23,24,25,26). The molecule has 28 heavy (non-hydrogen) atoms. The highest BCUT2D eigenvalue weighted by molar-refractivity contribution is 6.30. The summed E-state index contributed by atoms with van der Waals surface area (Å²) in [7, 11) is 1.60. The monoisotopic (exact) mass is 397 g/mol. The minimum atomic E-state index is -0.0848. The number of carbonyl (C=O) groups excluding carboxylic acids is 1. The molecular formula is C21H20ClN3O3. The summed E-state index contributed by atoms with van der Waals surface area (Å²) >= 11 is 6.03. The fraction of sp³-hybridized carbons (Fsp3) is 0.238. The molecule has 0 saturated heterocycles. The molecule has 3 aromatic rings. The second-order valence-corrected chi connectivity index (χ2v) is 7.18. The molecule has 0 fully saturated rings. The lowest BCUT2D eigenvalue weighted by Gasteiger charge is -2.23. The summed E-state index contributed by atoms with van der Waals surface area (Å²) in [6, 6.07) is 13.3. The van der Waals surface area contributed by atoms with Gasteiger partial charge in [0.05, 0.1) is 7.11 Å². The van der Waals surface area contributed by atoms with E-state index in [1.165, 1.54) is 0 Å². The van der Waals surface area contributed by atoms with E-state index >= 15 is 0 Å². The summed E-state index contributed by atoms with van der Waals surface area (Å²) in [5.74, 6) is 1.71. The number of nitrogens with one attached hydrogen (secondary N) is 2. The molecule has 1 aliphatic rings. The van der Waals surface area contributed by atoms with E-state index in [1.807, 2.05) is 49.4 Å². The maximum absolute atomic E-state index is 12.1. The fourth-order valence-electron chi connectivity index (χ4n) is 3.52. The average Bonchev–Trinajstić information content (AvgIpc) is 3.06. The number of anilines is 1. The Balaban J connectivity index is 1.60. The summed E-state index contributed by atoms with van der Waals surface area (Å²) in [6.45, 7) is 2.34. The van der Waals surface area contributed by atoms with E-state index in [9.17, 15) is 4.79 Å². The van der Waals surface area contributed by atoms with Gasteiger partial charge in [-0.05, 0) is 42.3 Å². The molecule has 6 nitrogen and oxygen atoms in total. The zero-order valence-electron chi connectivity index (χ0n) is 15.6. The van der Waals surface area contributed by atoms with E-state index in [0.29, 0.717) is 35.4 Å². The summed E-state index contributed by atoms with van der Waals surface area (Å²) in [5.41, 5.74) is 3.91. The first kappa shape index (κ1) is 18.4. The van der Waals surface area contributed by atoms with Crippen LogP contribution in [0.1, 0.15) is 34.7 Å². The second-order valence-electron chi connectivity index (χ2n) is 6.74. The van der Waals surface area contributed by atoms with Gasteiger partial charge < -0.3 is 14.8 Å². The van der Waals surface area contributed by atoms with Gasteiger partial charge in [0.25, 0.3) is 0 Å². The molecule has 0 saturated carbocycles. The van der Waals surface area contributed by atoms with Crippen molar-refractivity contribution in [3.05, 3.63) is 69.9 Å². The van der Waals surface area contributed by atoms with Crippen molar-refractivity contribution < 1.29 is 14.3 Å². The van der Waals surface area contributed by atoms with Crippen molar-refractivity contribution in [3.8, 4) is 11.5 Å². The van der Waals surface area contributed by atoms with Gasteiger partial charge in [-0.15, -0.1) is 0 Å². The number of benzene rings is 2. The normalized spacial score (nSPS) is 15.7. The molecule has 1 aliphatic heterocycles. The lowest BCUT2D eigenvalue weighted by atomic mass is 9.85. The van der Waals surface area contributed by atoms with Crippen molar-refractivity contribution in [3.63, 3.8) is 0 Å². The third-order valence-electron chi connectivity index (χ3n) is 4.86. The first-order valence-corrected chi connectivity index (χ1v) is 9.33. The Morgan fingerprint density at radius 3 is 2.86 bits per heavy atom. The van der Waals surface area contributed by atoms with E-state index in [4.69, 9.17) is 21.1 Å². The van der Waals surface area contributed by atoms with Crippen LogP contribution in [0.15, 0.2) is 42.5 Å². The highest BCUT2D eigenvalue weighted by Crippen LogP contribution is 2.40. The number of aromatic amines is 1. The number of rotatable bonds is 5. The number of amides is 1. The zero-order valence-corrected chi connectivity index (χ0v) is 16.3. The Hall–Kier alpha value is -2.99.